The summed E-state index contributed by atoms with van der Waals surface area (Å²) in [5.41, 5.74) is 2.51. The van der Waals surface area contributed by atoms with E-state index in [1.165, 1.54) is 11.1 Å². The van der Waals surface area contributed by atoms with Gasteiger partial charge in [-0.1, -0.05) is 68.0 Å². The Bertz CT molecular complexity index is 666. The quantitative estimate of drug-likeness (QED) is 0.638. The number of hydrogen-bond acceptors (Lipinski definition) is 4. The van der Waals surface area contributed by atoms with Gasteiger partial charge < -0.3 is 14.9 Å². The van der Waals surface area contributed by atoms with Crippen LogP contribution < -0.4 is 4.74 Å². The fraction of sp³-hybridized carbons (Fsp3) is 0.500. The lowest BCUT2D eigenvalue weighted by Gasteiger charge is -2.31. The molecule has 3 atom stereocenters. The third-order valence-corrected chi connectivity index (χ3v) is 6.08. The third kappa shape index (κ3) is 7.50. The Labute approximate surface area is 174 Å². The fourth-order valence-electron chi connectivity index (χ4n) is 3.40. The Hall–Kier alpha value is -1.49. The van der Waals surface area contributed by atoms with Crippen LogP contribution in [-0.2, 0) is 6.42 Å². The molecule has 28 heavy (non-hydrogen) atoms. The van der Waals surface area contributed by atoms with E-state index in [0.717, 1.165) is 31.4 Å². The van der Waals surface area contributed by atoms with E-state index in [1.807, 2.05) is 26.0 Å². The second-order valence-corrected chi connectivity index (χ2v) is 8.34. The van der Waals surface area contributed by atoms with Gasteiger partial charge in [0.15, 0.2) is 0 Å². The Morgan fingerprint density at radius 2 is 1.93 bits per heavy atom. The Balaban J connectivity index is 0.00000136. The van der Waals surface area contributed by atoms with Crippen LogP contribution in [-0.4, -0.2) is 33.6 Å². The molecule has 0 bridgehead atoms. The molecule has 0 amide bonds. The third-order valence-electron chi connectivity index (χ3n) is 4.76. The highest BCUT2D eigenvalue weighted by Crippen LogP contribution is 2.34. The largest absolute Gasteiger partial charge is 0.479 e. The van der Waals surface area contributed by atoms with Gasteiger partial charge in [0.25, 0.3) is 0 Å². The number of para-hydroxylation sites is 1. The van der Waals surface area contributed by atoms with Crippen molar-refractivity contribution >= 4 is 11.8 Å². The highest BCUT2D eigenvalue weighted by atomic mass is 32.2. The average Bonchev–Trinajstić information content (AvgIpc) is 2.99. The van der Waals surface area contributed by atoms with Crippen LogP contribution in [0, 0.1) is 0 Å². The zero-order valence-electron chi connectivity index (χ0n) is 17.1. The Morgan fingerprint density at radius 1 is 1.11 bits per heavy atom. The van der Waals surface area contributed by atoms with Gasteiger partial charge in [0, 0.05) is 11.7 Å². The lowest BCUT2D eigenvalue weighted by molar-refractivity contribution is 0.104. The molecule has 1 saturated heterocycles. The summed E-state index contributed by atoms with van der Waals surface area (Å²) in [6.07, 6.45) is 15.8. The molecule has 154 valence electrons. The van der Waals surface area contributed by atoms with E-state index in [9.17, 15) is 10.2 Å². The van der Waals surface area contributed by atoms with Crippen LogP contribution in [0.15, 0.2) is 60.2 Å². The Kier molecular flexibility index (Phi) is 10.5. The summed E-state index contributed by atoms with van der Waals surface area (Å²) in [5.74, 6) is 0.905. The summed E-state index contributed by atoms with van der Waals surface area (Å²) in [6.45, 7) is 4.08. The van der Waals surface area contributed by atoms with Crippen LogP contribution in [0.1, 0.15) is 51.5 Å². The molecule has 3 nitrogen and oxygen atoms in total. The summed E-state index contributed by atoms with van der Waals surface area (Å²) in [4.78, 5) is 0. The highest BCUT2D eigenvalue weighted by Gasteiger charge is 2.29. The van der Waals surface area contributed by atoms with Crippen LogP contribution in [0.5, 0.6) is 5.75 Å². The molecular formula is C24H34O3S. The topological polar surface area (TPSA) is 49.7 Å². The van der Waals surface area contributed by atoms with Gasteiger partial charge in [-0.15, -0.1) is 11.8 Å². The van der Waals surface area contributed by atoms with Gasteiger partial charge >= 0.3 is 0 Å². The maximum Gasteiger partial charge on any atom is 0.147 e. The number of rotatable bonds is 7. The van der Waals surface area contributed by atoms with Gasteiger partial charge in [-0.25, -0.2) is 0 Å². The average molecular weight is 403 g/mol. The number of benzene rings is 1. The SMILES string of the molecule is CC.OCC1CC(O)CC(Oc2ccccc2CCCC2=CCC=CC=C2)S1. The van der Waals surface area contributed by atoms with Crippen molar-refractivity contribution in [2.24, 2.45) is 0 Å². The van der Waals surface area contributed by atoms with Crippen molar-refractivity contribution < 1.29 is 14.9 Å². The van der Waals surface area contributed by atoms with Crippen molar-refractivity contribution in [1.29, 1.82) is 0 Å². The van der Waals surface area contributed by atoms with E-state index in [0.29, 0.717) is 12.8 Å². The molecule has 3 unspecified atom stereocenters. The summed E-state index contributed by atoms with van der Waals surface area (Å²) in [5, 5.41) is 19.5. The molecule has 1 aliphatic heterocycles. The molecule has 2 N–H and O–H groups in total. The van der Waals surface area contributed by atoms with Crippen molar-refractivity contribution in [3.05, 3.63) is 65.8 Å². The Morgan fingerprint density at radius 3 is 2.75 bits per heavy atom. The predicted molar refractivity (Wildman–Crippen MR) is 120 cm³/mol. The van der Waals surface area contributed by atoms with Gasteiger partial charge in [-0.3, -0.25) is 0 Å². The van der Waals surface area contributed by atoms with Crippen LogP contribution in [0.3, 0.4) is 0 Å². The van der Waals surface area contributed by atoms with Crippen molar-refractivity contribution in [3.8, 4) is 5.75 Å². The monoisotopic (exact) mass is 402 g/mol. The van der Waals surface area contributed by atoms with Crippen LogP contribution in [0.2, 0.25) is 0 Å². The number of ether oxygens (including phenoxy) is 1. The minimum absolute atomic E-state index is 0.0542. The second kappa shape index (κ2) is 12.9. The number of aliphatic hydroxyl groups excluding tert-OH is 2. The van der Waals surface area contributed by atoms with E-state index in [-0.39, 0.29) is 17.3 Å². The van der Waals surface area contributed by atoms with Gasteiger partial charge in [0.2, 0.25) is 0 Å². The van der Waals surface area contributed by atoms with E-state index in [4.69, 9.17) is 4.74 Å². The molecule has 2 aliphatic rings. The van der Waals surface area contributed by atoms with Gasteiger partial charge in [-0.2, -0.15) is 0 Å². The predicted octanol–water partition coefficient (Wildman–Crippen LogP) is 5.43. The molecular weight excluding hydrogens is 368 g/mol. The molecule has 1 aliphatic carbocycles. The molecule has 0 radical (unpaired) electrons. The minimum Gasteiger partial charge on any atom is -0.479 e. The zero-order chi connectivity index (χ0) is 20.2. The lowest BCUT2D eigenvalue weighted by Crippen LogP contribution is -2.33. The number of aliphatic hydroxyl groups is 2. The molecule has 3 rings (SSSR count). The van der Waals surface area contributed by atoms with E-state index >= 15 is 0 Å². The van der Waals surface area contributed by atoms with Crippen molar-refractivity contribution in [1.82, 2.24) is 0 Å². The summed E-state index contributed by atoms with van der Waals surface area (Å²) in [7, 11) is 0. The van der Waals surface area contributed by atoms with Crippen molar-refractivity contribution in [2.75, 3.05) is 6.61 Å². The minimum atomic E-state index is -0.395. The summed E-state index contributed by atoms with van der Waals surface area (Å²) < 4.78 is 6.20. The zero-order valence-corrected chi connectivity index (χ0v) is 17.9. The molecule has 1 heterocycles. The first kappa shape index (κ1) is 22.8. The van der Waals surface area contributed by atoms with Crippen LogP contribution in [0.25, 0.3) is 0 Å². The number of thioether (sulfide) groups is 1. The molecule has 4 heteroatoms. The molecule has 1 aromatic carbocycles. The van der Waals surface area contributed by atoms with Crippen molar-refractivity contribution in [3.63, 3.8) is 0 Å². The molecule has 0 saturated carbocycles. The molecule has 1 fully saturated rings. The summed E-state index contributed by atoms with van der Waals surface area (Å²) >= 11 is 1.63. The molecule has 0 aromatic heterocycles. The lowest BCUT2D eigenvalue weighted by atomic mass is 10.0. The number of allylic oxidation sites excluding steroid dienone is 6. The molecule has 0 spiro atoms. The van der Waals surface area contributed by atoms with E-state index in [2.05, 4.69) is 42.5 Å². The molecule has 1 aromatic rings. The maximum absolute atomic E-state index is 10.0. The standard InChI is InChI=1S/C22H28O3S.C2H6/c23-16-20-14-19(24)15-22(26-20)25-21-13-6-5-11-18(21)12-7-10-17-8-3-1-2-4-9-17;1-2/h1-3,5-6,8-9,11,13,19-20,22-24H,4,7,10,12,14-16H2;1-2H3. The van der Waals surface area contributed by atoms with Gasteiger partial charge in [-0.05, 0) is 43.7 Å². The van der Waals surface area contributed by atoms with E-state index < -0.39 is 6.10 Å². The van der Waals surface area contributed by atoms with Crippen LogP contribution >= 0.6 is 11.8 Å². The number of aryl methyl sites for hydroxylation is 1. The van der Waals surface area contributed by atoms with Gasteiger partial charge in [0.1, 0.15) is 11.2 Å². The first-order valence-corrected chi connectivity index (χ1v) is 11.4. The van der Waals surface area contributed by atoms with Crippen molar-refractivity contribution in [2.45, 2.75) is 69.2 Å². The maximum atomic E-state index is 10.0. The number of hydrogen-bond donors (Lipinski definition) is 2. The van der Waals surface area contributed by atoms with Gasteiger partial charge in [0.05, 0.1) is 12.7 Å². The van der Waals surface area contributed by atoms with Crippen LogP contribution in [0.4, 0.5) is 0 Å². The first-order valence-electron chi connectivity index (χ1n) is 10.5. The smallest absolute Gasteiger partial charge is 0.147 e. The second-order valence-electron chi connectivity index (χ2n) is 6.88. The first-order chi connectivity index (χ1) is 13.7. The summed E-state index contributed by atoms with van der Waals surface area (Å²) in [6, 6.07) is 8.19. The highest BCUT2D eigenvalue weighted by molar-refractivity contribution is 8.00. The normalized spacial score (nSPS) is 24.0. The fourth-order valence-corrected chi connectivity index (χ4v) is 4.74. The van der Waals surface area contributed by atoms with E-state index in [1.54, 1.807) is 11.8 Å².